The number of rotatable bonds is 8. The third-order valence-electron chi connectivity index (χ3n) is 2.69. The summed E-state index contributed by atoms with van der Waals surface area (Å²) >= 11 is 1.53. The second kappa shape index (κ2) is 8.10. The lowest BCUT2D eigenvalue weighted by molar-refractivity contribution is 0.0688. The molecule has 0 bridgehead atoms. The predicted octanol–water partition coefficient (Wildman–Crippen LogP) is 4.31. The van der Waals surface area contributed by atoms with Crippen molar-refractivity contribution in [3.8, 4) is 5.75 Å². The third kappa shape index (κ3) is 5.15. The van der Waals surface area contributed by atoms with Crippen molar-refractivity contribution >= 4 is 17.7 Å². The number of hydrogen-bond acceptors (Lipinski definition) is 3. The first-order valence-corrected chi connectivity index (χ1v) is 7.66. The first-order valence-electron chi connectivity index (χ1n) is 6.68. The molecule has 0 aromatic heterocycles. The summed E-state index contributed by atoms with van der Waals surface area (Å²) in [5.74, 6) is 1.05. The highest BCUT2D eigenvalue weighted by molar-refractivity contribution is 7.99. The molecular formula is C15H22O3S. The van der Waals surface area contributed by atoms with Gasteiger partial charge in [-0.3, -0.25) is 0 Å². The third-order valence-corrected chi connectivity index (χ3v) is 3.62. The lowest BCUT2D eigenvalue weighted by atomic mass is 10.1. The van der Waals surface area contributed by atoms with Gasteiger partial charge in [-0.2, -0.15) is 0 Å². The number of carboxylic acids is 1. The van der Waals surface area contributed by atoms with E-state index in [0.717, 1.165) is 23.5 Å². The molecule has 106 valence electrons. The lowest BCUT2D eigenvalue weighted by Crippen LogP contribution is -2.06. The van der Waals surface area contributed by atoms with E-state index in [9.17, 15) is 9.90 Å². The van der Waals surface area contributed by atoms with E-state index >= 15 is 0 Å². The fourth-order valence-electron chi connectivity index (χ4n) is 1.79. The summed E-state index contributed by atoms with van der Waals surface area (Å²) in [6.07, 6.45) is 2.04. The van der Waals surface area contributed by atoms with Crippen LogP contribution in [0.25, 0.3) is 0 Å². The molecule has 0 atom stereocenters. The molecule has 19 heavy (non-hydrogen) atoms. The molecule has 0 spiro atoms. The van der Waals surface area contributed by atoms with Gasteiger partial charge >= 0.3 is 5.97 Å². The number of thioether (sulfide) groups is 1. The van der Waals surface area contributed by atoms with E-state index in [2.05, 4.69) is 13.8 Å². The Bertz CT molecular complexity index is 416. The van der Waals surface area contributed by atoms with Crippen LogP contribution in [0.2, 0.25) is 0 Å². The quantitative estimate of drug-likeness (QED) is 0.570. The van der Waals surface area contributed by atoms with Crippen LogP contribution in [0.15, 0.2) is 23.1 Å². The van der Waals surface area contributed by atoms with Crippen LogP contribution in [0.5, 0.6) is 5.75 Å². The van der Waals surface area contributed by atoms with Crippen LogP contribution in [0.4, 0.5) is 0 Å². The number of hydrogen-bond donors (Lipinski definition) is 1. The highest BCUT2D eigenvalue weighted by Gasteiger charge is 2.16. The van der Waals surface area contributed by atoms with Gasteiger partial charge in [0, 0.05) is 4.90 Å². The van der Waals surface area contributed by atoms with Gasteiger partial charge in [-0.15, -0.1) is 11.8 Å². The van der Waals surface area contributed by atoms with Crippen LogP contribution in [0, 0.1) is 5.92 Å². The molecule has 0 amide bonds. The summed E-state index contributed by atoms with van der Waals surface area (Å²) < 4.78 is 5.64. The largest absolute Gasteiger partial charge is 0.493 e. The zero-order chi connectivity index (χ0) is 14.3. The molecule has 3 nitrogen and oxygen atoms in total. The molecule has 0 aliphatic rings. The van der Waals surface area contributed by atoms with Crippen LogP contribution in [-0.4, -0.2) is 23.4 Å². The number of carboxylic acid groups (broad SMARTS) is 1. The maximum atomic E-state index is 11.4. The van der Waals surface area contributed by atoms with Gasteiger partial charge in [-0.1, -0.05) is 26.8 Å². The first kappa shape index (κ1) is 15.9. The van der Waals surface area contributed by atoms with Gasteiger partial charge in [0.25, 0.3) is 0 Å². The Balaban J connectivity index is 2.76. The predicted molar refractivity (Wildman–Crippen MR) is 79.4 cm³/mol. The molecule has 0 aliphatic carbocycles. The monoisotopic (exact) mass is 282 g/mol. The number of ether oxygens (including phenoxy) is 1. The number of carbonyl (C=O) groups is 1. The summed E-state index contributed by atoms with van der Waals surface area (Å²) in [6, 6.07) is 5.42. The zero-order valence-corrected chi connectivity index (χ0v) is 12.6. The average molecular weight is 282 g/mol. The van der Waals surface area contributed by atoms with Crippen LogP contribution in [0.1, 0.15) is 44.0 Å². The van der Waals surface area contributed by atoms with Crippen LogP contribution < -0.4 is 4.74 Å². The van der Waals surface area contributed by atoms with Crippen molar-refractivity contribution in [1.29, 1.82) is 0 Å². The normalized spacial score (nSPS) is 10.7. The fourth-order valence-corrected chi connectivity index (χ4v) is 2.61. The molecule has 0 radical (unpaired) electrons. The Morgan fingerprint density at radius 2 is 2.16 bits per heavy atom. The summed E-state index contributed by atoms with van der Waals surface area (Å²) in [5, 5.41) is 9.32. The summed E-state index contributed by atoms with van der Waals surface area (Å²) in [7, 11) is 0. The van der Waals surface area contributed by atoms with Crippen molar-refractivity contribution in [2.75, 3.05) is 12.4 Å². The van der Waals surface area contributed by atoms with Crippen molar-refractivity contribution in [1.82, 2.24) is 0 Å². The molecular weight excluding hydrogens is 260 g/mol. The molecule has 0 heterocycles. The molecule has 1 aromatic rings. The SMILES string of the molecule is CCSc1cccc(OCCCC(C)C)c1C(=O)O. The van der Waals surface area contributed by atoms with Gasteiger partial charge in [0.1, 0.15) is 11.3 Å². The molecule has 4 heteroatoms. The van der Waals surface area contributed by atoms with E-state index in [1.165, 1.54) is 11.8 Å². The summed E-state index contributed by atoms with van der Waals surface area (Å²) in [4.78, 5) is 12.1. The van der Waals surface area contributed by atoms with Gasteiger partial charge in [0.15, 0.2) is 0 Å². The Morgan fingerprint density at radius 3 is 2.74 bits per heavy atom. The zero-order valence-electron chi connectivity index (χ0n) is 11.8. The van der Waals surface area contributed by atoms with Crippen molar-refractivity contribution in [3.05, 3.63) is 23.8 Å². The smallest absolute Gasteiger partial charge is 0.340 e. The summed E-state index contributed by atoms with van der Waals surface area (Å²) in [5.41, 5.74) is 0.291. The minimum absolute atomic E-state index is 0.291. The highest BCUT2D eigenvalue weighted by atomic mass is 32.2. The van der Waals surface area contributed by atoms with E-state index in [1.807, 2.05) is 19.1 Å². The maximum absolute atomic E-state index is 11.4. The van der Waals surface area contributed by atoms with Gasteiger partial charge in [-0.05, 0) is 36.6 Å². The highest BCUT2D eigenvalue weighted by Crippen LogP contribution is 2.30. The van der Waals surface area contributed by atoms with E-state index in [0.29, 0.717) is 23.8 Å². The van der Waals surface area contributed by atoms with Crippen LogP contribution in [0.3, 0.4) is 0 Å². The Kier molecular flexibility index (Phi) is 6.78. The van der Waals surface area contributed by atoms with Gasteiger partial charge in [0.05, 0.1) is 6.61 Å². The van der Waals surface area contributed by atoms with Gasteiger partial charge in [0.2, 0.25) is 0 Å². The Hall–Kier alpha value is -1.16. The maximum Gasteiger partial charge on any atom is 0.340 e. The van der Waals surface area contributed by atoms with Crippen LogP contribution >= 0.6 is 11.8 Å². The standard InChI is InChI=1S/C15H22O3S/c1-4-19-13-9-5-8-12(14(13)15(16)17)18-10-6-7-11(2)3/h5,8-9,11H,4,6-7,10H2,1-3H3,(H,16,17). The average Bonchev–Trinajstić information content (AvgIpc) is 2.34. The van der Waals surface area contributed by atoms with E-state index in [1.54, 1.807) is 6.07 Å². The molecule has 1 aromatic carbocycles. The molecule has 0 fully saturated rings. The molecule has 0 aliphatic heterocycles. The minimum atomic E-state index is -0.921. The second-order valence-corrected chi connectivity index (χ2v) is 6.06. The van der Waals surface area contributed by atoms with Gasteiger partial charge in [-0.25, -0.2) is 4.79 Å². The minimum Gasteiger partial charge on any atom is -0.493 e. The fraction of sp³-hybridized carbons (Fsp3) is 0.533. The molecule has 1 N–H and O–H groups in total. The number of aromatic carboxylic acids is 1. The number of benzene rings is 1. The molecule has 0 saturated carbocycles. The Labute approximate surface area is 119 Å². The summed E-state index contributed by atoms with van der Waals surface area (Å²) in [6.45, 7) is 6.91. The van der Waals surface area contributed by atoms with Crippen molar-refractivity contribution < 1.29 is 14.6 Å². The van der Waals surface area contributed by atoms with Gasteiger partial charge < -0.3 is 9.84 Å². The van der Waals surface area contributed by atoms with Crippen molar-refractivity contribution in [2.24, 2.45) is 5.92 Å². The molecule has 0 unspecified atom stereocenters. The van der Waals surface area contributed by atoms with E-state index in [-0.39, 0.29) is 0 Å². The first-order chi connectivity index (χ1) is 9.06. The van der Waals surface area contributed by atoms with Crippen LogP contribution in [-0.2, 0) is 0 Å². The second-order valence-electron chi connectivity index (χ2n) is 4.75. The molecule has 1 rings (SSSR count). The molecule has 0 saturated heterocycles. The van der Waals surface area contributed by atoms with Crippen molar-refractivity contribution in [2.45, 2.75) is 38.5 Å². The lowest BCUT2D eigenvalue weighted by Gasteiger charge is -2.12. The van der Waals surface area contributed by atoms with E-state index in [4.69, 9.17) is 4.74 Å². The topological polar surface area (TPSA) is 46.5 Å². The van der Waals surface area contributed by atoms with Crippen molar-refractivity contribution in [3.63, 3.8) is 0 Å². The Morgan fingerprint density at radius 1 is 1.42 bits per heavy atom. The van der Waals surface area contributed by atoms with E-state index < -0.39 is 5.97 Å².